The number of benzene rings is 1. The van der Waals surface area contributed by atoms with Gasteiger partial charge in [-0.25, -0.2) is 9.97 Å². The van der Waals surface area contributed by atoms with Gasteiger partial charge in [-0.2, -0.15) is 0 Å². The second-order valence-corrected chi connectivity index (χ2v) is 5.14. The van der Waals surface area contributed by atoms with Crippen LogP contribution in [0.4, 0.5) is 0 Å². The Kier molecular flexibility index (Phi) is 3.24. The van der Waals surface area contributed by atoms with Gasteiger partial charge in [0.25, 0.3) is 5.91 Å². The number of nitrogens with two attached hydrogens (primary N) is 1. The van der Waals surface area contributed by atoms with E-state index in [9.17, 15) is 4.79 Å². The number of fused-ring (bicyclic) bond motifs is 1. The molecular formula is C17H11N5O2. The first-order chi connectivity index (χ1) is 11.7. The second-order valence-electron chi connectivity index (χ2n) is 5.14. The zero-order chi connectivity index (χ0) is 16.5. The maximum atomic E-state index is 11.4. The fraction of sp³-hybridized carbons (Fsp3) is 0. The van der Waals surface area contributed by atoms with E-state index in [0.717, 1.165) is 16.5 Å². The Labute approximate surface area is 136 Å². The van der Waals surface area contributed by atoms with Crippen molar-refractivity contribution in [2.45, 2.75) is 0 Å². The summed E-state index contributed by atoms with van der Waals surface area (Å²) in [5, 5.41) is 4.74. The molecule has 0 radical (unpaired) electrons. The number of carbonyl (C=O) groups excluding carboxylic acids is 1. The summed E-state index contributed by atoms with van der Waals surface area (Å²) in [4.78, 5) is 24.4. The average molecular weight is 317 g/mol. The molecule has 0 fully saturated rings. The van der Waals surface area contributed by atoms with E-state index in [1.165, 1.54) is 6.26 Å². The standard InChI is InChI=1S/C17H11N5O2/c18-16(23)13-9-24-22-15(13)11-1-2-12-8-20-17(21-14(12)7-11)10-3-5-19-6-4-10/h1-9H,(H2,18,23). The minimum Gasteiger partial charge on any atom is -0.365 e. The number of hydrogen-bond donors (Lipinski definition) is 1. The van der Waals surface area contributed by atoms with E-state index in [2.05, 4.69) is 20.1 Å². The normalized spacial score (nSPS) is 10.8. The molecule has 1 amide bonds. The number of rotatable bonds is 3. The van der Waals surface area contributed by atoms with Crippen molar-refractivity contribution in [1.29, 1.82) is 0 Å². The molecule has 0 saturated heterocycles. The molecular weight excluding hydrogens is 306 g/mol. The quantitative estimate of drug-likeness (QED) is 0.622. The monoisotopic (exact) mass is 317 g/mol. The van der Waals surface area contributed by atoms with E-state index in [-0.39, 0.29) is 5.56 Å². The molecule has 0 aliphatic carbocycles. The maximum Gasteiger partial charge on any atom is 0.254 e. The molecule has 0 saturated carbocycles. The lowest BCUT2D eigenvalue weighted by Gasteiger charge is -2.04. The molecule has 24 heavy (non-hydrogen) atoms. The lowest BCUT2D eigenvalue weighted by atomic mass is 10.1. The molecule has 0 atom stereocenters. The second kappa shape index (κ2) is 5.54. The van der Waals surface area contributed by atoms with Gasteiger partial charge < -0.3 is 10.3 Å². The highest BCUT2D eigenvalue weighted by atomic mass is 16.5. The highest BCUT2D eigenvalue weighted by Crippen LogP contribution is 2.26. The van der Waals surface area contributed by atoms with Gasteiger partial charge in [-0.05, 0) is 18.2 Å². The molecule has 0 unspecified atom stereocenters. The third-order valence-corrected chi connectivity index (χ3v) is 3.63. The highest BCUT2D eigenvalue weighted by molar-refractivity contribution is 5.99. The van der Waals surface area contributed by atoms with Crippen molar-refractivity contribution in [3.8, 4) is 22.6 Å². The predicted octanol–water partition coefficient (Wildman–Crippen LogP) is 2.45. The Morgan fingerprint density at radius 3 is 2.71 bits per heavy atom. The third kappa shape index (κ3) is 2.38. The van der Waals surface area contributed by atoms with Gasteiger partial charge in [-0.1, -0.05) is 17.3 Å². The maximum absolute atomic E-state index is 11.4. The SMILES string of the molecule is NC(=O)c1conc1-c1ccc2cnc(-c3ccncc3)nc2c1. The van der Waals surface area contributed by atoms with E-state index in [1.54, 1.807) is 18.6 Å². The molecule has 3 aromatic heterocycles. The van der Waals surface area contributed by atoms with E-state index in [1.807, 2.05) is 30.3 Å². The number of primary amides is 1. The molecule has 4 rings (SSSR count). The van der Waals surface area contributed by atoms with Crippen molar-refractivity contribution in [3.63, 3.8) is 0 Å². The van der Waals surface area contributed by atoms with Crippen LogP contribution in [-0.4, -0.2) is 26.0 Å². The van der Waals surface area contributed by atoms with Gasteiger partial charge in [0.1, 0.15) is 17.5 Å². The zero-order valence-electron chi connectivity index (χ0n) is 12.4. The summed E-state index contributed by atoms with van der Waals surface area (Å²) in [6.07, 6.45) is 6.37. The van der Waals surface area contributed by atoms with Gasteiger partial charge in [-0.3, -0.25) is 9.78 Å². The first-order valence-corrected chi connectivity index (χ1v) is 7.14. The molecule has 7 heteroatoms. The minimum atomic E-state index is -0.591. The number of aromatic nitrogens is 4. The van der Waals surface area contributed by atoms with Gasteiger partial charge in [-0.15, -0.1) is 0 Å². The third-order valence-electron chi connectivity index (χ3n) is 3.63. The van der Waals surface area contributed by atoms with E-state index in [0.29, 0.717) is 17.1 Å². The Balaban J connectivity index is 1.85. The number of carbonyl (C=O) groups is 1. The van der Waals surface area contributed by atoms with Gasteiger partial charge in [0.05, 0.1) is 5.52 Å². The van der Waals surface area contributed by atoms with Crippen molar-refractivity contribution in [2.24, 2.45) is 5.73 Å². The summed E-state index contributed by atoms with van der Waals surface area (Å²) in [5.74, 6) is 0.00355. The van der Waals surface area contributed by atoms with Gasteiger partial charge in [0.2, 0.25) is 0 Å². The molecule has 0 aliphatic rings. The molecule has 0 spiro atoms. The van der Waals surface area contributed by atoms with Crippen LogP contribution in [0.2, 0.25) is 0 Å². The summed E-state index contributed by atoms with van der Waals surface area (Å²) in [7, 11) is 0. The molecule has 4 aromatic rings. The number of hydrogen-bond acceptors (Lipinski definition) is 6. The van der Waals surface area contributed by atoms with Crippen LogP contribution >= 0.6 is 0 Å². The van der Waals surface area contributed by atoms with Crippen LogP contribution in [0.15, 0.2) is 59.7 Å². The van der Waals surface area contributed by atoms with E-state index >= 15 is 0 Å². The highest BCUT2D eigenvalue weighted by Gasteiger charge is 2.15. The molecule has 0 aliphatic heterocycles. The molecule has 116 valence electrons. The van der Waals surface area contributed by atoms with Crippen LogP contribution in [0.5, 0.6) is 0 Å². The molecule has 7 nitrogen and oxygen atoms in total. The molecule has 3 heterocycles. The van der Waals surface area contributed by atoms with Crippen molar-refractivity contribution in [3.05, 3.63) is 60.7 Å². The first kappa shape index (κ1) is 14.0. The van der Waals surface area contributed by atoms with Gasteiger partial charge in [0, 0.05) is 35.1 Å². The Bertz CT molecular complexity index is 1040. The van der Waals surface area contributed by atoms with Crippen molar-refractivity contribution in [2.75, 3.05) is 0 Å². The zero-order valence-corrected chi connectivity index (χ0v) is 12.4. The first-order valence-electron chi connectivity index (χ1n) is 7.14. The average Bonchev–Trinajstić information content (AvgIpc) is 3.11. The van der Waals surface area contributed by atoms with Crippen LogP contribution in [0.3, 0.4) is 0 Å². The fourth-order valence-electron chi connectivity index (χ4n) is 2.43. The Morgan fingerprint density at radius 1 is 1.08 bits per heavy atom. The topological polar surface area (TPSA) is 108 Å². The fourth-order valence-corrected chi connectivity index (χ4v) is 2.43. The number of pyridine rings is 1. The van der Waals surface area contributed by atoms with Crippen LogP contribution < -0.4 is 5.73 Å². The smallest absolute Gasteiger partial charge is 0.254 e. The van der Waals surface area contributed by atoms with Gasteiger partial charge in [0.15, 0.2) is 5.82 Å². The molecule has 0 bridgehead atoms. The predicted molar refractivity (Wildman–Crippen MR) is 86.8 cm³/mol. The van der Waals surface area contributed by atoms with E-state index in [4.69, 9.17) is 10.3 Å². The van der Waals surface area contributed by atoms with Gasteiger partial charge >= 0.3 is 0 Å². The number of amides is 1. The molecule has 2 N–H and O–H groups in total. The summed E-state index contributed by atoms with van der Waals surface area (Å²) < 4.78 is 4.88. The summed E-state index contributed by atoms with van der Waals surface area (Å²) in [6.45, 7) is 0. The van der Waals surface area contributed by atoms with Crippen molar-refractivity contribution < 1.29 is 9.32 Å². The lowest BCUT2D eigenvalue weighted by Crippen LogP contribution is -2.11. The Morgan fingerprint density at radius 2 is 1.92 bits per heavy atom. The summed E-state index contributed by atoms with van der Waals surface area (Å²) in [6, 6.07) is 9.19. The van der Waals surface area contributed by atoms with Crippen LogP contribution in [0.1, 0.15) is 10.4 Å². The van der Waals surface area contributed by atoms with Crippen molar-refractivity contribution in [1.82, 2.24) is 20.1 Å². The Hall–Kier alpha value is -3.61. The van der Waals surface area contributed by atoms with Crippen LogP contribution in [0, 0.1) is 0 Å². The molecule has 1 aromatic carbocycles. The summed E-state index contributed by atoms with van der Waals surface area (Å²) in [5.41, 5.74) is 8.27. The van der Waals surface area contributed by atoms with E-state index < -0.39 is 5.91 Å². The number of nitrogens with zero attached hydrogens (tertiary/aromatic N) is 4. The van der Waals surface area contributed by atoms with Crippen molar-refractivity contribution >= 4 is 16.8 Å². The lowest BCUT2D eigenvalue weighted by molar-refractivity contribution is 0.1000. The largest absolute Gasteiger partial charge is 0.365 e. The minimum absolute atomic E-state index is 0.234. The summed E-state index contributed by atoms with van der Waals surface area (Å²) >= 11 is 0. The van der Waals surface area contributed by atoms with Crippen LogP contribution in [-0.2, 0) is 0 Å². The van der Waals surface area contributed by atoms with Crippen LogP contribution in [0.25, 0.3) is 33.5 Å².